The van der Waals surface area contributed by atoms with Crippen LogP contribution in [0.1, 0.15) is 104 Å². The van der Waals surface area contributed by atoms with Gasteiger partial charge >= 0.3 is 0 Å². The number of nitrogen functional groups attached to an aromatic ring is 1. The molecule has 1 unspecified atom stereocenters. The molecule has 3 saturated heterocycles. The molecule has 1 aromatic heterocycles. The van der Waals surface area contributed by atoms with Crippen molar-refractivity contribution in [2.75, 3.05) is 43.9 Å². The Morgan fingerprint density at radius 3 is 2.29 bits per heavy atom. The lowest BCUT2D eigenvalue weighted by molar-refractivity contribution is -0.136. The van der Waals surface area contributed by atoms with Crippen LogP contribution in [0.5, 0.6) is 5.75 Å². The third-order valence-corrected chi connectivity index (χ3v) is 13.5. The van der Waals surface area contributed by atoms with Gasteiger partial charge in [0.15, 0.2) is 0 Å². The Labute approximate surface area is 356 Å². The third-order valence-electron chi connectivity index (χ3n) is 13.5. The molecule has 1 atom stereocenters. The number of piperidine rings is 2. The van der Waals surface area contributed by atoms with Crippen molar-refractivity contribution in [2.24, 2.45) is 11.1 Å². The Balaban J connectivity index is 0.777. The summed E-state index contributed by atoms with van der Waals surface area (Å²) in [6.07, 6.45) is 6.16. The normalized spacial score (nSPS) is 20.6. The van der Waals surface area contributed by atoms with Crippen LogP contribution in [0.2, 0.25) is 0 Å². The van der Waals surface area contributed by atoms with E-state index in [-0.39, 0.29) is 59.1 Å². The van der Waals surface area contributed by atoms with E-state index >= 15 is 0 Å². The van der Waals surface area contributed by atoms with Gasteiger partial charge in [-0.05, 0) is 86.9 Å². The minimum Gasteiger partial charge on any atom is -0.496 e. The fourth-order valence-electron chi connectivity index (χ4n) is 10.1. The highest BCUT2D eigenvalue weighted by molar-refractivity contribution is 6.23. The lowest BCUT2D eigenvalue weighted by atomic mass is 9.67. The number of methoxy groups -OCH3 is 1. The van der Waals surface area contributed by atoms with Crippen molar-refractivity contribution in [1.29, 1.82) is 0 Å². The molecule has 16 nitrogen and oxygen atoms in total. The van der Waals surface area contributed by atoms with Gasteiger partial charge in [0.05, 0.1) is 29.8 Å². The number of nitrogens with one attached hydrogen (secondary N) is 2. The van der Waals surface area contributed by atoms with Gasteiger partial charge in [0.1, 0.15) is 34.7 Å². The molecule has 9 rings (SSSR count). The summed E-state index contributed by atoms with van der Waals surface area (Å²) in [7, 11) is 1.41. The molecule has 5 heterocycles. The van der Waals surface area contributed by atoms with E-state index in [2.05, 4.69) is 20.4 Å². The summed E-state index contributed by atoms with van der Waals surface area (Å²) in [4.78, 5) is 82.0. The van der Waals surface area contributed by atoms with E-state index < -0.39 is 47.3 Å². The van der Waals surface area contributed by atoms with Crippen molar-refractivity contribution in [3.63, 3.8) is 0 Å². The zero-order valence-electron chi connectivity index (χ0n) is 34.3. The van der Waals surface area contributed by atoms with Crippen molar-refractivity contribution < 1.29 is 37.9 Å². The second kappa shape index (κ2) is 16.0. The van der Waals surface area contributed by atoms with Crippen molar-refractivity contribution in [3.05, 3.63) is 94.3 Å². The van der Waals surface area contributed by atoms with Gasteiger partial charge in [0.25, 0.3) is 23.6 Å². The number of carbonyl (C=O) groups is 6. The first-order valence-corrected chi connectivity index (χ1v) is 21.1. The second-order valence-electron chi connectivity index (χ2n) is 17.2. The van der Waals surface area contributed by atoms with Gasteiger partial charge in [-0.2, -0.15) is 5.10 Å². The van der Waals surface area contributed by atoms with Crippen LogP contribution in [0.4, 0.5) is 15.9 Å². The largest absolute Gasteiger partial charge is 0.496 e. The molecular formula is C45H48FN9O7. The predicted octanol–water partition coefficient (Wildman–Crippen LogP) is 3.80. The van der Waals surface area contributed by atoms with Crippen molar-refractivity contribution in [1.82, 2.24) is 30.2 Å². The molecule has 62 heavy (non-hydrogen) atoms. The van der Waals surface area contributed by atoms with Crippen LogP contribution in [0.15, 0.2) is 60.7 Å². The topological polar surface area (TPSA) is 215 Å². The highest BCUT2D eigenvalue weighted by Crippen LogP contribution is 2.47. The van der Waals surface area contributed by atoms with Crippen molar-refractivity contribution >= 4 is 46.9 Å². The fourth-order valence-corrected chi connectivity index (χ4v) is 10.1. The smallest absolute Gasteiger partial charge is 0.262 e. The number of hydrogen-bond acceptors (Lipinski definition) is 11. The summed E-state index contributed by atoms with van der Waals surface area (Å²) in [6.45, 7) is 3.65. The summed E-state index contributed by atoms with van der Waals surface area (Å²) < 4.78 is 20.8. The van der Waals surface area contributed by atoms with Gasteiger partial charge in [0, 0.05) is 61.9 Å². The number of halogens is 1. The van der Waals surface area contributed by atoms with Gasteiger partial charge in [-0.3, -0.25) is 39.0 Å². The maximum atomic E-state index is 13.8. The number of fused-ring (bicyclic) bond motifs is 1. The van der Waals surface area contributed by atoms with Crippen LogP contribution in [0, 0.1) is 11.2 Å². The Bertz CT molecular complexity index is 2500. The van der Waals surface area contributed by atoms with E-state index in [1.807, 2.05) is 18.2 Å². The molecule has 6 amide bonds. The lowest BCUT2D eigenvalue weighted by Gasteiger charge is -2.55. The molecular weight excluding hydrogens is 798 g/mol. The summed E-state index contributed by atoms with van der Waals surface area (Å²) >= 11 is 0. The molecule has 3 aromatic carbocycles. The monoisotopic (exact) mass is 845 g/mol. The molecule has 6 N–H and O–H groups in total. The van der Waals surface area contributed by atoms with Crippen LogP contribution >= 0.6 is 0 Å². The number of likely N-dealkylation sites (tertiary alicyclic amines) is 1. The Hall–Kier alpha value is -6.62. The number of hydrogen-bond donors (Lipinski definition) is 4. The van der Waals surface area contributed by atoms with E-state index in [4.69, 9.17) is 21.3 Å². The second-order valence-corrected chi connectivity index (χ2v) is 17.2. The zero-order valence-corrected chi connectivity index (χ0v) is 34.3. The number of anilines is 2. The van der Waals surface area contributed by atoms with E-state index in [1.54, 1.807) is 28.9 Å². The molecule has 1 saturated carbocycles. The average molecular weight is 846 g/mol. The van der Waals surface area contributed by atoms with Crippen LogP contribution < -0.4 is 31.7 Å². The molecule has 322 valence electrons. The summed E-state index contributed by atoms with van der Waals surface area (Å²) in [5.41, 5.74) is 16.2. The highest BCUT2D eigenvalue weighted by Gasteiger charge is 2.48. The molecule has 4 aromatic rings. The summed E-state index contributed by atoms with van der Waals surface area (Å²) in [5, 5.41) is 9.87. The number of carbonyl (C=O) groups excluding carboxylic acids is 6. The van der Waals surface area contributed by atoms with Gasteiger partial charge < -0.3 is 31.3 Å². The average Bonchev–Trinajstić information content (AvgIpc) is 3.74. The number of nitrogens with zero attached hydrogens (tertiary/aromatic N) is 5. The number of ether oxygens (including phenoxy) is 1. The van der Waals surface area contributed by atoms with E-state index in [0.29, 0.717) is 22.9 Å². The Morgan fingerprint density at radius 1 is 0.903 bits per heavy atom. The molecule has 17 heteroatoms. The van der Waals surface area contributed by atoms with Crippen LogP contribution in [-0.4, -0.2) is 100 Å². The number of nitrogens with two attached hydrogens (primary N) is 2. The molecule has 0 bridgehead atoms. The van der Waals surface area contributed by atoms with E-state index in [0.717, 1.165) is 86.9 Å². The number of rotatable bonds is 10. The SMILES string of the molecule is COc1ccc(F)cc1C(=O)NCc1ccc(-c2nn(C3CCN(C4CCC5(CC4)CN(c4ccc6c(c4)C(=O)N(C4CCC(=O)NC4=O)C6=O)C5)CC3)c(N)c2C(N)=O)cc1. The van der Waals surface area contributed by atoms with Gasteiger partial charge in [-0.25, -0.2) is 9.07 Å². The Kier molecular flexibility index (Phi) is 10.5. The first-order valence-electron chi connectivity index (χ1n) is 21.1. The first kappa shape index (κ1) is 40.8. The number of benzene rings is 3. The maximum absolute atomic E-state index is 13.8. The zero-order chi connectivity index (χ0) is 43.4. The minimum absolute atomic E-state index is 0.00637. The van der Waals surface area contributed by atoms with Crippen LogP contribution in [0.25, 0.3) is 11.3 Å². The molecule has 1 spiro atoms. The minimum atomic E-state index is -0.989. The fraction of sp³-hybridized carbons (Fsp3) is 0.400. The number of amides is 6. The van der Waals surface area contributed by atoms with E-state index in [1.165, 1.54) is 19.2 Å². The Morgan fingerprint density at radius 2 is 1.61 bits per heavy atom. The standard InChI is InChI=1S/C45H48FN9O7/c1-62-35-10-6-27(46)20-33(35)41(58)49-22-25-2-4-26(5-3-25)38-37(40(48)57)39(47)55(51-38)29-14-18-52(19-15-29)28-12-16-45(17-13-28)23-53(24-45)30-7-8-31-32(21-30)44(61)54(43(31)60)34-9-11-36(56)50-42(34)59/h2-8,10,20-21,28-29,34H,9,11-19,22-24,47H2,1H3,(H2,48,57)(H,49,58)(H,50,56,59). The molecule has 4 fully saturated rings. The van der Waals surface area contributed by atoms with Gasteiger partial charge in [-0.1, -0.05) is 24.3 Å². The summed E-state index contributed by atoms with van der Waals surface area (Å²) in [6, 6.07) is 15.8. The predicted molar refractivity (Wildman–Crippen MR) is 225 cm³/mol. The lowest BCUT2D eigenvalue weighted by Crippen LogP contribution is -2.59. The first-order chi connectivity index (χ1) is 29.8. The van der Waals surface area contributed by atoms with Crippen molar-refractivity contribution in [3.8, 4) is 17.0 Å². The summed E-state index contributed by atoms with van der Waals surface area (Å²) in [5.74, 6) is -3.20. The van der Waals surface area contributed by atoms with Gasteiger partial charge in [-0.15, -0.1) is 0 Å². The highest BCUT2D eigenvalue weighted by atomic mass is 19.1. The van der Waals surface area contributed by atoms with E-state index in [9.17, 15) is 33.2 Å². The number of aromatic nitrogens is 2. The van der Waals surface area contributed by atoms with Crippen LogP contribution in [0.3, 0.4) is 0 Å². The maximum Gasteiger partial charge on any atom is 0.262 e. The number of primary amides is 1. The third kappa shape index (κ3) is 7.33. The number of imide groups is 2. The molecule has 0 radical (unpaired) electrons. The molecule has 1 aliphatic carbocycles. The van der Waals surface area contributed by atoms with Gasteiger partial charge in [0.2, 0.25) is 11.8 Å². The molecule has 5 aliphatic rings. The van der Waals surface area contributed by atoms with Crippen molar-refractivity contribution in [2.45, 2.75) is 76.0 Å². The quantitative estimate of drug-likeness (QED) is 0.169. The molecule has 4 aliphatic heterocycles. The van der Waals surface area contributed by atoms with Crippen LogP contribution in [-0.2, 0) is 16.1 Å².